The summed E-state index contributed by atoms with van der Waals surface area (Å²) in [4.78, 5) is 2.55. The van der Waals surface area contributed by atoms with Crippen LogP contribution in [0, 0.1) is 18.8 Å². The zero-order valence-corrected chi connectivity index (χ0v) is 13.2. The van der Waals surface area contributed by atoms with Gasteiger partial charge in [0, 0.05) is 19.1 Å². The molecule has 1 aliphatic heterocycles. The standard InChI is InChI=1S/C17H28N2O/c1-12(2)15-7-8-19(11-15)16(10-18)14-5-6-17(20-4)13(3)9-14/h5-6,9,12,15-16H,7-8,10-11,18H2,1-4H3. The van der Waals surface area contributed by atoms with Crippen LogP contribution in [0.4, 0.5) is 0 Å². The van der Waals surface area contributed by atoms with Gasteiger partial charge in [0.15, 0.2) is 0 Å². The zero-order chi connectivity index (χ0) is 14.7. The molecule has 0 spiro atoms. The molecule has 3 nitrogen and oxygen atoms in total. The molecule has 0 bridgehead atoms. The lowest BCUT2D eigenvalue weighted by Crippen LogP contribution is -2.32. The fourth-order valence-electron chi connectivity index (χ4n) is 3.25. The zero-order valence-electron chi connectivity index (χ0n) is 13.2. The average molecular weight is 276 g/mol. The minimum Gasteiger partial charge on any atom is -0.496 e. The van der Waals surface area contributed by atoms with Gasteiger partial charge in [0.25, 0.3) is 0 Å². The minimum absolute atomic E-state index is 0.336. The molecule has 0 amide bonds. The van der Waals surface area contributed by atoms with Crippen LogP contribution in [0.1, 0.15) is 37.4 Å². The van der Waals surface area contributed by atoms with Crippen molar-refractivity contribution < 1.29 is 4.74 Å². The molecule has 1 saturated heterocycles. The fourth-order valence-corrected chi connectivity index (χ4v) is 3.25. The van der Waals surface area contributed by atoms with Gasteiger partial charge >= 0.3 is 0 Å². The normalized spacial score (nSPS) is 21.4. The fraction of sp³-hybridized carbons (Fsp3) is 0.647. The predicted octanol–water partition coefficient (Wildman–Crippen LogP) is 2.98. The molecule has 2 N–H and O–H groups in total. The van der Waals surface area contributed by atoms with E-state index in [0.717, 1.165) is 24.1 Å². The molecule has 0 radical (unpaired) electrons. The Morgan fingerprint density at radius 1 is 1.40 bits per heavy atom. The van der Waals surface area contributed by atoms with E-state index in [1.165, 1.54) is 24.1 Å². The molecule has 2 atom stereocenters. The minimum atomic E-state index is 0.336. The lowest BCUT2D eigenvalue weighted by molar-refractivity contribution is 0.232. The number of rotatable bonds is 5. The Hall–Kier alpha value is -1.06. The number of nitrogens with zero attached hydrogens (tertiary/aromatic N) is 1. The number of nitrogens with two attached hydrogens (primary N) is 1. The van der Waals surface area contributed by atoms with Crippen molar-refractivity contribution >= 4 is 0 Å². The number of ether oxygens (including phenoxy) is 1. The first-order valence-electron chi connectivity index (χ1n) is 7.65. The molecular weight excluding hydrogens is 248 g/mol. The summed E-state index contributed by atoms with van der Waals surface area (Å²) in [6.07, 6.45) is 1.29. The maximum atomic E-state index is 6.05. The summed E-state index contributed by atoms with van der Waals surface area (Å²) in [5.41, 5.74) is 8.55. The van der Waals surface area contributed by atoms with Crippen LogP contribution in [-0.4, -0.2) is 31.6 Å². The lowest BCUT2D eigenvalue weighted by Gasteiger charge is -2.28. The van der Waals surface area contributed by atoms with Gasteiger partial charge in [-0.3, -0.25) is 4.90 Å². The highest BCUT2D eigenvalue weighted by atomic mass is 16.5. The summed E-state index contributed by atoms with van der Waals surface area (Å²) in [5.74, 6) is 2.52. The molecule has 2 rings (SSSR count). The smallest absolute Gasteiger partial charge is 0.121 e. The van der Waals surface area contributed by atoms with Gasteiger partial charge in [-0.2, -0.15) is 0 Å². The second-order valence-corrected chi connectivity index (χ2v) is 6.27. The van der Waals surface area contributed by atoms with Crippen LogP contribution in [0.15, 0.2) is 18.2 Å². The van der Waals surface area contributed by atoms with Crippen molar-refractivity contribution in [3.63, 3.8) is 0 Å². The monoisotopic (exact) mass is 276 g/mol. The number of aryl methyl sites for hydroxylation is 1. The van der Waals surface area contributed by atoms with E-state index in [1.54, 1.807) is 7.11 Å². The maximum absolute atomic E-state index is 6.05. The van der Waals surface area contributed by atoms with Crippen LogP contribution >= 0.6 is 0 Å². The van der Waals surface area contributed by atoms with Gasteiger partial charge in [0.1, 0.15) is 5.75 Å². The number of methoxy groups -OCH3 is 1. The van der Waals surface area contributed by atoms with Crippen LogP contribution in [-0.2, 0) is 0 Å². The topological polar surface area (TPSA) is 38.5 Å². The van der Waals surface area contributed by atoms with Crippen molar-refractivity contribution in [2.45, 2.75) is 33.2 Å². The Morgan fingerprint density at radius 3 is 2.65 bits per heavy atom. The van der Waals surface area contributed by atoms with Crippen LogP contribution in [0.2, 0.25) is 0 Å². The molecule has 0 saturated carbocycles. The van der Waals surface area contributed by atoms with Gasteiger partial charge in [0.05, 0.1) is 7.11 Å². The van der Waals surface area contributed by atoms with Crippen molar-refractivity contribution in [2.24, 2.45) is 17.6 Å². The molecule has 1 aromatic carbocycles. The van der Waals surface area contributed by atoms with Gasteiger partial charge in [-0.05, 0) is 48.9 Å². The molecule has 0 aromatic heterocycles. The number of benzene rings is 1. The molecule has 1 fully saturated rings. The van der Waals surface area contributed by atoms with E-state index in [-0.39, 0.29) is 0 Å². The van der Waals surface area contributed by atoms with E-state index in [2.05, 4.69) is 43.9 Å². The van der Waals surface area contributed by atoms with Crippen molar-refractivity contribution in [3.05, 3.63) is 29.3 Å². The van der Waals surface area contributed by atoms with Crippen LogP contribution in [0.3, 0.4) is 0 Å². The quantitative estimate of drug-likeness (QED) is 0.898. The van der Waals surface area contributed by atoms with Gasteiger partial charge < -0.3 is 10.5 Å². The van der Waals surface area contributed by atoms with Crippen LogP contribution < -0.4 is 10.5 Å². The number of hydrogen-bond acceptors (Lipinski definition) is 3. The van der Waals surface area contributed by atoms with E-state index in [1.807, 2.05) is 0 Å². The highest BCUT2D eigenvalue weighted by molar-refractivity contribution is 5.37. The third kappa shape index (κ3) is 3.15. The molecule has 112 valence electrons. The van der Waals surface area contributed by atoms with Crippen molar-refractivity contribution in [1.29, 1.82) is 0 Å². The molecule has 20 heavy (non-hydrogen) atoms. The number of likely N-dealkylation sites (tertiary alicyclic amines) is 1. The van der Waals surface area contributed by atoms with Gasteiger partial charge in [-0.25, -0.2) is 0 Å². The summed E-state index contributed by atoms with van der Waals surface area (Å²) in [6, 6.07) is 6.78. The van der Waals surface area contributed by atoms with Gasteiger partial charge in [-0.15, -0.1) is 0 Å². The second kappa shape index (κ2) is 6.59. The van der Waals surface area contributed by atoms with Crippen molar-refractivity contribution in [2.75, 3.05) is 26.7 Å². The Balaban J connectivity index is 2.14. The third-order valence-corrected chi connectivity index (χ3v) is 4.67. The summed E-state index contributed by atoms with van der Waals surface area (Å²) in [7, 11) is 1.72. The first-order valence-corrected chi connectivity index (χ1v) is 7.65. The summed E-state index contributed by atoms with van der Waals surface area (Å²) >= 11 is 0. The first-order chi connectivity index (χ1) is 9.56. The van der Waals surface area contributed by atoms with E-state index >= 15 is 0 Å². The van der Waals surface area contributed by atoms with Crippen LogP contribution in [0.25, 0.3) is 0 Å². The summed E-state index contributed by atoms with van der Waals surface area (Å²) < 4.78 is 5.34. The molecule has 0 aliphatic carbocycles. The SMILES string of the molecule is COc1ccc(C(CN)N2CCC(C(C)C)C2)cc1C. The van der Waals surface area contributed by atoms with Crippen molar-refractivity contribution in [3.8, 4) is 5.75 Å². The van der Waals surface area contributed by atoms with Crippen molar-refractivity contribution in [1.82, 2.24) is 4.90 Å². The van der Waals surface area contributed by atoms with E-state index < -0.39 is 0 Å². The third-order valence-electron chi connectivity index (χ3n) is 4.67. The molecule has 3 heteroatoms. The van der Waals surface area contributed by atoms with Gasteiger partial charge in [0.2, 0.25) is 0 Å². The molecule has 1 aliphatic rings. The average Bonchev–Trinajstić information content (AvgIpc) is 2.89. The highest BCUT2D eigenvalue weighted by Crippen LogP contribution is 2.32. The van der Waals surface area contributed by atoms with E-state index in [4.69, 9.17) is 10.5 Å². The largest absolute Gasteiger partial charge is 0.496 e. The van der Waals surface area contributed by atoms with E-state index in [0.29, 0.717) is 12.6 Å². The summed E-state index contributed by atoms with van der Waals surface area (Å²) in [5, 5.41) is 0. The lowest BCUT2D eigenvalue weighted by atomic mass is 9.95. The first kappa shape index (κ1) is 15.3. The Kier molecular flexibility index (Phi) is 5.06. The second-order valence-electron chi connectivity index (χ2n) is 6.27. The maximum Gasteiger partial charge on any atom is 0.121 e. The Morgan fingerprint density at radius 2 is 2.15 bits per heavy atom. The van der Waals surface area contributed by atoms with Crippen LogP contribution in [0.5, 0.6) is 5.75 Å². The number of hydrogen-bond donors (Lipinski definition) is 1. The van der Waals surface area contributed by atoms with Gasteiger partial charge in [-0.1, -0.05) is 26.0 Å². The van der Waals surface area contributed by atoms with E-state index in [9.17, 15) is 0 Å². The Labute approximate surface area is 123 Å². The molecule has 2 unspecified atom stereocenters. The predicted molar refractivity (Wildman–Crippen MR) is 84.0 cm³/mol. The molecule has 1 aromatic rings. The molecular formula is C17H28N2O. The summed E-state index contributed by atoms with van der Waals surface area (Å²) in [6.45, 7) is 9.75. The molecule has 1 heterocycles. The Bertz CT molecular complexity index is 445. The highest BCUT2D eigenvalue weighted by Gasteiger charge is 2.30.